The normalized spacial score (nSPS) is 12.0. The van der Waals surface area contributed by atoms with Gasteiger partial charge in [0.1, 0.15) is 0 Å². The van der Waals surface area contributed by atoms with Crippen LogP contribution >= 0.6 is 11.3 Å². The largest absolute Gasteiger partial charge is 0.307 e. The maximum atomic E-state index is 3.48. The molecule has 1 aromatic rings. The van der Waals surface area contributed by atoms with Crippen molar-refractivity contribution in [3.05, 3.63) is 21.9 Å². The summed E-state index contributed by atoms with van der Waals surface area (Å²) in [6.45, 7) is 9.73. The first kappa shape index (κ1) is 9.75. The molecule has 0 radical (unpaired) electrons. The van der Waals surface area contributed by atoms with Crippen LogP contribution in [0.4, 0.5) is 0 Å². The van der Waals surface area contributed by atoms with Crippen molar-refractivity contribution in [2.24, 2.45) is 0 Å². The van der Waals surface area contributed by atoms with Gasteiger partial charge in [-0.2, -0.15) is 0 Å². The van der Waals surface area contributed by atoms with E-state index in [1.807, 2.05) is 11.3 Å². The lowest BCUT2D eigenvalue weighted by Gasteiger charge is -2.20. The summed E-state index contributed by atoms with van der Waals surface area (Å²) in [5.41, 5.74) is 1.62. The molecule has 12 heavy (non-hydrogen) atoms. The van der Waals surface area contributed by atoms with Crippen LogP contribution in [0.15, 0.2) is 11.4 Å². The Hall–Kier alpha value is -0.340. The van der Waals surface area contributed by atoms with Crippen LogP contribution in [0.3, 0.4) is 0 Å². The van der Waals surface area contributed by atoms with Crippen molar-refractivity contribution in [1.29, 1.82) is 0 Å². The second kappa shape index (κ2) is 3.58. The van der Waals surface area contributed by atoms with Crippen molar-refractivity contribution in [2.75, 3.05) is 0 Å². The molecule has 68 valence electrons. The second-order valence-electron chi connectivity index (χ2n) is 4.13. The van der Waals surface area contributed by atoms with Crippen molar-refractivity contribution in [3.8, 4) is 0 Å². The van der Waals surface area contributed by atoms with Crippen molar-refractivity contribution in [2.45, 2.75) is 39.8 Å². The predicted molar refractivity (Wildman–Crippen MR) is 55.6 cm³/mol. The van der Waals surface area contributed by atoms with Gasteiger partial charge < -0.3 is 5.32 Å². The number of rotatable bonds is 2. The molecule has 0 unspecified atom stereocenters. The van der Waals surface area contributed by atoms with Gasteiger partial charge in [-0.3, -0.25) is 0 Å². The van der Waals surface area contributed by atoms with Crippen LogP contribution in [-0.4, -0.2) is 5.54 Å². The van der Waals surface area contributed by atoms with E-state index in [9.17, 15) is 0 Å². The van der Waals surface area contributed by atoms with E-state index in [2.05, 4.69) is 44.5 Å². The van der Waals surface area contributed by atoms with Gasteiger partial charge in [-0.05, 0) is 44.7 Å². The minimum absolute atomic E-state index is 0.219. The van der Waals surface area contributed by atoms with E-state index in [4.69, 9.17) is 0 Å². The average molecular weight is 183 g/mol. The third-order valence-electron chi connectivity index (χ3n) is 1.75. The molecule has 1 aromatic heterocycles. The first-order valence-electron chi connectivity index (χ1n) is 4.27. The van der Waals surface area contributed by atoms with Gasteiger partial charge in [0.25, 0.3) is 0 Å². The van der Waals surface area contributed by atoms with E-state index in [-0.39, 0.29) is 5.54 Å². The Bertz CT molecular complexity index is 245. The third kappa shape index (κ3) is 2.95. The monoisotopic (exact) mass is 183 g/mol. The van der Waals surface area contributed by atoms with E-state index in [1.54, 1.807) is 0 Å². The molecule has 0 amide bonds. The average Bonchev–Trinajstić information content (AvgIpc) is 2.29. The van der Waals surface area contributed by atoms with Crippen LogP contribution in [0, 0.1) is 6.92 Å². The summed E-state index contributed by atoms with van der Waals surface area (Å²) in [6.07, 6.45) is 0. The van der Waals surface area contributed by atoms with Crippen LogP contribution in [0.1, 0.15) is 31.2 Å². The highest BCUT2D eigenvalue weighted by Gasteiger charge is 2.09. The van der Waals surface area contributed by atoms with Gasteiger partial charge in [-0.15, -0.1) is 11.3 Å². The lowest BCUT2D eigenvalue weighted by atomic mass is 10.1. The molecule has 0 aromatic carbocycles. The Labute approximate surface area is 78.8 Å². The molecule has 0 aliphatic carbocycles. The second-order valence-corrected chi connectivity index (χ2v) is 5.13. The molecule has 0 atom stereocenters. The van der Waals surface area contributed by atoms with Crippen LogP contribution in [0.5, 0.6) is 0 Å². The van der Waals surface area contributed by atoms with E-state index < -0.39 is 0 Å². The highest BCUT2D eigenvalue weighted by molar-refractivity contribution is 7.10. The zero-order valence-electron chi connectivity index (χ0n) is 8.27. The molecule has 2 heteroatoms. The van der Waals surface area contributed by atoms with Gasteiger partial charge in [0.15, 0.2) is 0 Å². The first-order valence-corrected chi connectivity index (χ1v) is 5.15. The van der Waals surface area contributed by atoms with Gasteiger partial charge in [0.2, 0.25) is 0 Å². The minimum atomic E-state index is 0.219. The molecule has 0 saturated heterocycles. The Kier molecular flexibility index (Phi) is 2.91. The maximum absolute atomic E-state index is 3.48. The molecule has 1 heterocycles. The molecule has 0 aliphatic rings. The quantitative estimate of drug-likeness (QED) is 0.743. The fourth-order valence-corrected chi connectivity index (χ4v) is 1.78. The zero-order valence-corrected chi connectivity index (χ0v) is 9.09. The van der Waals surface area contributed by atoms with Crippen molar-refractivity contribution >= 4 is 11.3 Å². The SMILES string of the molecule is Cc1ccsc1CNC(C)(C)C. The highest BCUT2D eigenvalue weighted by Crippen LogP contribution is 2.16. The van der Waals surface area contributed by atoms with E-state index in [1.165, 1.54) is 10.4 Å². The number of hydrogen-bond acceptors (Lipinski definition) is 2. The summed E-state index contributed by atoms with van der Waals surface area (Å²) in [7, 11) is 0. The fourth-order valence-electron chi connectivity index (χ4n) is 0.931. The van der Waals surface area contributed by atoms with Gasteiger partial charge in [-0.25, -0.2) is 0 Å². The highest BCUT2D eigenvalue weighted by atomic mass is 32.1. The lowest BCUT2D eigenvalue weighted by Crippen LogP contribution is -2.34. The number of hydrogen-bond donors (Lipinski definition) is 1. The molecule has 1 rings (SSSR count). The van der Waals surface area contributed by atoms with Gasteiger partial charge in [-0.1, -0.05) is 0 Å². The molecular formula is C10H17NS. The summed E-state index contributed by atoms with van der Waals surface area (Å²) >= 11 is 1.83. The molecule has 0 saturated carbocycles. The molecule has 0 spiro atoms. The molecule has 0 fully saturated rings. The predicted octanol–water partition coefficient (Wildman–Crippen LogP) is 2.94. The van der Waals surface area contributed by atoms with E-state index in [0.717, 1.165) is 6.54 Å². The number of thiophene rings is 1. The first-order chi connectivity index (χ1) is 5.49. The fraction of sp³-hybridized carbons (Fsp3) is 0.600. The molecular weight excluding hydrogens is 166 g/mol. The zero-order chi connectivity index (χ0) is 9.19. The molecule has 1 nitrogen and oxygen atoms in total. The molecule has 0 aliphatic heterocycles. The van der Waals surface area contributed by atoms with Crippen LogP contribution in [-0.2, 0) is 6.54 Å². The van der Waals surface area contributed by atoms with Gasteiger partial charge in [0.05, 0.1) is 0 Å². The third-order valence-corrected chi connectivity index (χ3v) is 2.77. The number of aryl methyl sites for hydroxylation is 1. The van der Waals surface area contributed by atoms with Crippen LogP contribution in [0.2, 0.25) is 0 Å². The minimum Gasteiger partial charge on any atom is -0.307 e. The molecule has 0 bridgehead atoms. The summed E-state index contributed by atoms with van der Waals surface area (Å²) in [6, 6.07) is 2.17. The lowest BCUT2D eigenvalue weighted by molar-refractivity contribution is 0.426. The standard InChI is InChI=1S/C10H17NS/c1-8-5-6-12-9(8)7-11-10(2,3)4/h5-6,11H,7H2,1-4H3. The van der Waals surface area contributed by atoms with Crippen molar-refractivity contribution in [3.63, 3.8) is 0 Å². The summed E-state index contributed by atoms with van der Waals surface area (Å²) in [4.78, 5) is 1.45. The molecule has 1 N–H and O–H groups in total. The summed E-state index contributed by atoms with van der Waals surface area (Å²) in [5.74, 6) is 0. The Morgan fingerprint density at radius 2 is 2.08 bits per heavy atom. The van der Waals surface area contributed by atoms with E-state index in [0.29, 0.717) is 0 Å². The topological polar surface area (TPSA) is 12.0 Å². The van der Waals surface area contributed by atoms with E-state index >= 15 is 0 Å². The summed E-state index contributed by atoms with van der Waals surface area (Å²) < 4.78 is 0. The van der Waals surface area contributed by atoms with Crippen LogP contribution in [0.25, 0.3) is 0 Å². The van der Waals surface area contributed by atoms with Gasteiger partial charge in [0, 0.05) is 17.0 Å². The van der Waals surface area contributed by atoms with Gasteiger partial charge >= 0.3 is 0 Å². The smallest absolute Gasteiger partial charge is 0.0307 e. The Balaban J connectivity index is 2.49. The maximum Gasteiger partial charge on any atom is 0.0307 e. The van der Waals surface area contributed by atoms with Crippen molar-refractivity contribution < 1.29 is 0 Å². The Morgan fingerprint density at radius 3 is 2.50 bits per heavy atom. The number of nitrogens with one attached hydrogen (secondary N) is 1. The summed E-state index contributed by atoms with van der Waals surface area (Å²) in [5, 5.41) is 5.62. The van der Waals surface area contributed by atoms with Crippen LogP contribution < -0.4 is 5.32 Å². The Morgan fingerprint density at radius 1 is 1.42 bits per heavy atom. The van der Waals surface area contributed by atoms with Crippen molar-refractivity contribution in [1.82, 2.24) is 5.32 Å².